The molecule has 2 heterocycles. The molecule has 0 aliphatic carbocycles. The number of nitrogens with two attached hydrogens (primary N) is 1. The van der Waals surface area contributed by atoms with Gasteiger partial charge in [-0.25, -0.2) is 4.85 Å². The van der Waals surface area contributed by atoms with Crippen LogP contribution in [0.25, 0.3) is 15.4 Å². The van der Waals surface area contributed by atoms with Crippen LogP contribution in [0.5, 0.6) is 0 Å². The minimum absolute atomic E-state index is 0.687. The first-order valence-corrected chi connectivity index (χ1v) is 5.78. The number of pyridine rings is 1. The van der Waals surface area contributed by atoms with Crippen LogP contribution >= 0.6 is 11.3 Å². The highest BCUT2D eigenvalue weighted by Gasteiger charge is 2.06. The molecule has 2 N–H and O–H groups in total. The lowest BCUT2D eigenvalue weighted by Crippen LogP contribution is -1.94. The van der Waals surface area contributed by atoms with E-state index in [0.29, 0.717) is 5.00 Å². The highest BCUT2D eigenvalue weighted by molar-refractivity contribution is 7.19. The van der Waals surface area contributed by atoms with Crippen molar-refractivity contribution in [2.24, 2.45) is 0 Å². The fraction of sp³-hybridized carbons (Fsp3) is 0.167. The van der Waals surface area contributed by atoms with Gasteiger partial charge in [0.2, 0.25) is 5.00 Å². The zero-order valence-electron chi connectivity index (χ0n) is 8.90. The van der Waals surface area contributed by atoms with Crippen LogP contribution in [-0.2, 0) is 6.42 Å². The van der Waals surface area contributed by atoms with Gasteiger partial charge in [0.1, 0.15) is 0 Å². The average molecular weight is 229 g/mol. The molecule has 0 aliphatic heterocycles. The summed E-state index contributed by atoms with van der Waals surface area (Å²) in [7, 11) is 0. The van der Waals surface area contributed by atoms with Crippen molar-refractivity contribution >= 4 is 22.0 Å². The molecular weight excluding hydrogens is 218 g/mol. The summed E-state index contributed by atoms with van der Waals surface area (Å²) in [5.41, 5.74) is 8.53. The fourth-order valence-corrected chi connectivity index (χ4v) is 2.23. The van der Waals surface area contributed by atoms with Crippen molar-refractivity contribution in [1.29, 1.82) is 0 Å². The number of rotatable bonds is 2. The van der Waals surface area contributed by atoms with Crippen molar-refractivity contribution in [1.82, 2.24) is 4.98 Å². The number of anilines is 1. The lowest BCUT2D eigenvalue weighted by molar-refractivity contribution is 1.13. The number of hydrogen-bond donors (Lipinski definition) is 1. The smallest absolute Gasteiger partial charge is 0.241 e. The Bertz CT molecular complexity index is 552. The first-order chi connectivity index (χ1) is 7.74. The van der Waals surface area contributed by atoms with Gasteiger partial charge in [-0.05, 0) is 24.1 Å². The number of thiophene rings is 1. The molecular formula is C12H11N3S. The van der Waals surface area contributed by atoms with Gasteiger partial charge in [0, 0.05) is 4.88 Å². The van der Waals surface area contributed by atoms with E-state index in [4.69, 9.17) is 12.3 Å². The topological polar surface area (TPSA) is 43.3 Å². The van der Waals surface area contributed by atoms with Gasteiger partial charge < -0.3 is 5.73 Å². The largest absolute Gasteiger partial charge is 0.397 e. The zero-order valence-corrected chi connectivity index (χ0v) is 9.71. The highest BCUT2D eigenvalue weighted by atomic mass is 32.1. The third kappa shape index (κ3) is 1.90. The van der Waals surface area contributed by atoms with Crippen molar-refractivity contribution < 1.29 is 0 Å². The molecule has 0 fully saturated rings. The van der Waals surface area contributed by atoms with E-state index in [9.17, 15) is 0 Å². The normalized spacial score (nSPS) is 10.0. The average Bonchev–Trinajstić information content (AvgIpc) is 2.78. The van der Waals surface area contributed by atoms with Crippen molar-refractivity contribution in [3.05, 3.63) is 41.4 Å². The fourth-order valence-electron chi connectivity index (χ4n) is 1.47. The van der Waals surface area contributed by atoms with Gasteiger partial charge in [0.25, 0.3) is 0 Å². The van der Waals surface area contributed by atoms with Crippen LogP contribution in [0.4, 0.5) is 10.7 Å². The predicted octanol–water partition coefficient (Wildman–Crippen LogP) is 3.51. The quantitative estimate of drug-likeness (QED) is 0.801. The summed E-state index contributed by atoms with van der Waals surface area (Å²) in [5, 5.41) is 0.687. The molecule has 0 spiro atoms. The van der Waals surface area contributed by atoms with Crippen molar-refractivity contribution in [3.8, 4) is 10.6 Å². The molecule has 0 bridgehead atoms. The number of nitrogens with zero attached hydrogens (tertiary/aromatic N) is 2. The van der Waals surface area contributed by atoms with Gasteiger partial charge in [0.15, 0.2) is 0 Å². The SMILES string of the molecule is [C-]#[N+]c1ccc(-c2cc(CC)c(N)cn2)s1. The summed E-state index contributed by atoms with van der Waals surface area (Å²) in [4.78, 5) is 8.69. The molecule has 2 rings (SSSR count). The molecule has 4 heteroatoms. The molecule has 0 amide bonds. The molecule has 0 unspecified atom stereocenters. The van der Waals surface area contributed by atoms with Crippen LogP contribution in [0, 0.1) is 6.57 Å². The minimum atomic E-state index is 0.687. The van der Waals surface area contributed by atoms with Gasteiger partial charge in [-0.15, -0.1) is 0 Å². The van der Waals surface area contributed by atoms with Gasteiger partial charge in [-0.3, -0.25) is 4.98 Å². The Morgan fingerprint density at radius 3 is 2.94 bits per heavy atom. The molecule has 16 heavy (non-hydrogen) atoms. The van der Waals surface area contributed by atoms with Crippen LogP contribution in [0.15, 0.2) is 24.4 Å². The minimum Gasteiger partial charge on any atom is -0.397 e. The predicted molar refractivity (Wildman–Crippen MR) is 67.6 cm³/mol. The van der Waals surface area contributed by atoms with Crippen LogP contribution < -0.4 is 5.73 Å². The van der Waals surface area contributed by atoms with E-state index in [1.807, 2.05) is 18.2 Å². The second kappa shape index (κ2) is 4.33. The molecule has 0 radical (unpaired) electrons. The number of aromatic nitrogens is 1. The Hall–Kier alpha value is -1.86. The van der Waals surface area contributed by atoms with E-state index in [1.54, 1.807) is 6.20 Å². The van der Waals surface area contributed by atoms with Crippen LogP contribution in [0.2, 0.25) is 0 Å². The number of nitrogen functional groups attached to an aromatic ring is 1. The maximum absolute atomic E-state index is 6.93. The van der Waals surface area contributed by atoms with E-state index >= 15 is 0 Å². The van der Waals surface area contributed by atoms with Crippen LogP contribution in [-0.4, -0.2) is 4.98 Å². The van der Waals surface area contributed by atoms with Crippen molar-refractivity contribution in [2.45, 2.75) is 13.3 Å². The molecule has 2 aromatic heterocycles. The van der Waals surface area contributed by atoms with E-state index < -0.39 is 0 Å². The van der Waals surface area contributed by atoms with Gasteiger partial charge in [0.05, 0.1) is 24.2 Å². The van der Waals surface area contributed by atoms with Gasteiger partial charge in [-0.2, -0.15) is 11.3 Å². The monoisotopic (exact) mass is 229 g/mol. The second-order valence-electron chi connectivity index (χ2n) is 3.37. The van der Waals surface area contributed by atoms with E-state index in [0.717, 1.165) is 28.2 Å². The first-order valence-electron chi connectivity index (χ1n) is 4.96. The van der Waals surface area contributed by atoms with Crippen molar-refractivity contribution in [3.63, 3.8) is 0 Å². The summed E-state index contributed by atoms with van der Waals surface area (Å²) >= 11 is 1.45. The summed E-state index contributed by atoms with van der Waals surface area (Å²) in [5.74, 6) is 0. The molecule has 0 saturated carbocycles. The Kier molecular flexibility index (Phi) is 2.88. The molecule has 80 valence electrons. The van der Waals surface area contributed by atoms with E-state index in [2.05, 4.69) is 16.8 Å². The lowest BCUT2D eigenvalue weighted by atomic mass is 10.1. The molecule has 0 atom stereocenters. The number of aryl methyl sites for hydroxylation is 1. The third-order valence-electron chi connectivity index (χ3n) is 2.36. The molecule has 0 aliphatic rings. The molecule has 0 aromatic carbocycles. The summed E-state index contributed by atoms with van der Waals surface area (Å²) in [6.45, 7) is 8.99. The zero-order chi connectivity index (χ0) is 11.5. The Balaban J connectivity index is 2.45. The molecule has 2 aromatic rings. The third-order valence-corrected chi connectivity index (χ3v) is 3.36. The Morgan fingerprint density at radius 2 is 2.31 bits per heavy atom. The van der Waals surface area contributed by atoms with Gasteiger partial charge in [-0.1, -0.05) is 13.0 Å². The van der Waals surface area contributed by atoms with E-state index in [1.165, 1.54) is 11.3 Å². The van der Waals surface area contributed by atoms with E-state index in [-0.39, 0.29) is 0 Å². The Morgan fingerprint density at radius 1 is 1.50 bits per heavy atom. The molecule has 0 saturated heterocycles. The lowest BCUT2D eigenvalue weighted by Gasteiger charge is -2.04. The van der Waals surface area contributed by atoms with Crippen molar-refractivity contribution in [2.75, 3.05) is 5.73 Å². The highest BCUT2D eigenvalue weighted by Crippen LogP contribution is 2.32. The molecule has 3 nitrogen and oxygen atoms in total. The second-order valence-corrected chi connectivity index (χ2v) is 4.43. The van der Waals surface area contributed by atoms with Crippen LogP contribution in [0.3, 0.4) is 0 Å². The summed E-state index contributed by atoms with van der Waals surface area (Å²) in [6, 6.07) is 5.74. The van der Waals surface area contributed by atoms with Crippen LogP contribution in [0.1, 0.15) is 12.5 Å². The first kappa shape index (κ1) is 10.7. The number of hydrogen-bond acceptors (Lipinski definition) is 3. The maximum Gasteiger partial charge on any atom is 0.241 e. The Labute approximate surface area is 98.4 Å². The maximum atomic E-state index is 6.93. The van der Waals surface area contributed by atoms with Gasteiger partial charge >= 0.3 is 0 Å². The standard InChI is InChI=1S/C12H11N3S/c1-3-8-6-10(15-7-9(8)13)11-4-5-12(14-2)16-11/h4-7H,3,13H2,1H3. The summed E-state index contributed by atoms with van der Waals surface area (Å²) < 4.78 is 0. The summed E-state index contributed by atoms with van der Waals surface area (Å²) in [6.07, 6.45) is 2.58.